The minimum atomic E-state index is 1.20. The molecule has 0 N–H and O–H groups in total. The molecule has 2 rings (SSSR count). The molecule has 96 valence electrons. The molecule has 1 nitrogen and oxygen atoms in total. The first-order chi connectivity index (χ1) is 9.19. The van der Waals surface area contributed by atoms with Crippen LogP contribution in [0.25, 0.3) is 16.5 Å². The average molecular weight is 250 g/mol. The van der Waals surface area contributed by atoms with E-state index in [1.807, 2.05) is 6.08 Å². The van der Waals surface area contributed by atoms with Gasteiger partial charge in [0.15, 0.2) is 0 Å². The fourth-order valence-electron chi connectivity index (χ4n) is 2.31. The molecule has 1 heteroatoms. The van der Waals surface area contributed by atoms with E-state index < -0.39 is 0 Å². The van der Waals surface area contributed by atoms with Crippen LogP contribution in [0.1, 0.15) is 19.5 Å². The molecule has 0 saturated heterocycles. The van der Waals surface area contributed by atoms with Crippen molar-refractivity contribution < 1.29 is 4.57 Å². The van der Waals surface area contributed by atoms with Crippen molar-refractivity contribution >= 4 is 16.5 Å². The zero-order chi connectivity index (χ0) is 13.8. The van der Waals surface area contributed by atoms with Gasteiger partial charge in [-0.25, -0.2) is 0 Å². The van der Waals surface area contributed by atoms with Crippen LogP contribution in [0.4, 0.5) is 0 Å². The van der Waals surface area contributed by atoms with Crippen molar-refractivity contribution in [3.63, 3.8) is 0 Å². The van der Waals surface area contributed by atoms with E-state index in [9.17, 15) is 0 Å². The predicted octanol–water partition coefficient (Wildman–Crippen LogP) is 4.20. The van der Waals surface area contributed by atoms with Crippen LogP contribution in [0, 0.1) is 0 Å². The summed E-state index contributed by atoms with van der Waals surface area (Å²) in [7, 11) is 2.11. The quantitative estimate of drug-likeness (QED) is 0.568. The maximum absolute atomic E-state index is 3.82. The van der Waals surface area contributed by atoms with Crippen LogP contribution in [0.2, 0.25) is 0 Å². The number of para-hydroxylation sites is 1. The lowest BCUT2D eigenvalue weighted by Gasteiger charge is -2.07. The molecule has 0 radical (unpaired) electrons. The lowest BCUT2D eigenvalue weighted by molar-refractivity contribution is -0.647. The van der Waals surface area contributed by atoms with Gasteiger partial charge in [-0.05, 0) is 37.6 Å². The molecule has 0 saturated carbocycles. The smallest absolute Gasteiger partial charge is 0.194 e. The maximum atomic E-state index is 3.82. The molecule has 0 fully saturated rings. The Morgan fingerprint density at radius 2 is 1.89 bits per heavy atom. The van der Waals surface area contributed by atoms with Gasteiger partial charge in [-0.2, -0.15) is 4.57 Å². The topological polar surface area (TPSA) is 3.88 Å². The fourth-order valence-corrected chi connectivity index (χ4v) is 2.31. The molecule has 0 bridgehead atoms. The van der Waals surface area contributed by atoms with Crippen molar-refractivity contribution in [1.82, 2.24) is 0 Å². The van der Waals surface area contributed by atoms with Gasteiger partial charge < -0.3 is 0 Å². The van der Waals surface area contributed by atoms with Gasteiger partial charge in [0, 0.05) is 23.1 Å². The average Bonchev–Trinajstić information content (AvgIpc) is 2.45. The SMILES string of the molecule is C=C/C=C(\C(C)=C/C)c1ccc2ccccc2[n+]1C. The van der Waals surface area contributed by atoms with Crippen LogP contribution >= 0.6 is 0 Å². The zero-order valence-corrected chi connectivity index (χ0v) is 11.9. The lowest BCUT2D eigenvalue weighted by Crippen LogP contribution is -2.34. The third kappa shape index (κ3) is 2.50. The summed E-state index contributed by atoms with van der Waals surface area (Å²) < 4.78 is 2.23. The van der Waals surface area contributed by atoms with E-state index in [0.29, 0.717) is 0 Å². The number of benzene rings is 1. The number of pyridine rings is 1. The summed E-state index contributed by atoms with van der Waals surface area (Å²) in [4.78, 5) is 0. The Labute approximate surface area is 115 Å². The summed E-state index contributed by atoms with van der Waals surface area (Å²) in [5.74, 6) is 0. The first-order valence-corrected chi connectivity index (χ1v) is 6.53. The summed E-state index contributed by atoms with van der Waals surface area (Å²) in [6.45, 7) is 8.01. The zero-order valence-electron chi connectivity index (χ0n) is 11.9. The van der Waals surface area contributed by atoms with E-state index in [1.165, 1.54) is 27.7 Å². The number of aromatic nitrogens is 1. The van der Waals surface area contributed by atoms with E-state index in [4.69, 9.17) is 0 Å². The van der Waals surface area contributed by atoms with Gasteiger partial charge in [-0.15, -0.1) is 0 Å². The second-order valence-corrected chi connectivity index (χ2v) is 4.62. The normalized spacial score (nSPS) is 12.8. The maximum Gasteiger partial charge on any atom is 0.213 e. The second kappa shape index (κ2) is 5.66. The molecule has 1 heterocycles. The molecule has 0 atom stereocenters. The van der Waals surface area contributed by atoms with E-state index in [1.54, 1.807) is 0 Å². The largest absolute Gasteiger partial charge is 0.213 e. The van der Waals surface area contributed by atoms with E-state index in [-0.39, 0.29) is 0 Å². The van der Waals surface area contributed by atoms with Gasteiger partial charge >= 0.3 is 0 Å². The third-order valence-electron chi connectivity index (χ3n) is 3.50. The molecule has 0 aliphatic heterocycles. The number of hydrogen-bond acceptors (Lipinski definition) is 0. The molecule has 0 amide bonds. The van der Waals surface area contributed by atoms with Gasteiger partial charge in [-0.1, -0.05) is 30.9 Å². The standard InChI is InChI=1S/C18H20N/c1-5-9-16(14(3)6-2)18-13-12-15-10-7-8-11-17(15)19(18)4/h5-13H,1H2,2-4H3/q+1/b14-6-,16-9+. The van der Waals surface area contributed by atoms with Gasteiger partial charge in [-0.3, -0.25) is 0 Å². The second-order valence-electron chi connectivity index (χ2n) is 4.62. The fraction of sp³-hybridized carbons (Fsp3) is 0.167. The highest BCUT2D eigenvalue weighted by atomic mass is 14.9. The Balaban J connectivity index is 2.71. The van der Waals surface area contributed by atoms with Crippen LogP contribution in [0.5, 0.6) is 0 Å². The molecule has 0 aliphatic rings. The van der Waals surface area contributed by atoms with Crippen LogP contribution in [-0.2, 0) is 7.05 Å². The number of aryl methyl sites for hydroxylation is 1. The Hall–Kier alpha value is -2.15. The van der Waals surface area contributed by atoms with Gasteiger partial charge in [0.25, 0.3) is 0 Å². The van der Waals surface area contributed by atoms with Crippen molar-refractivity contribution in [1.29, 1.82) is 0 Å². The number of fused-ring (bicyclic) bond motifs is 1. The molecule has 0 unspecified atom stereocenters. The van der Waals surface area contributed by atoms with E-state index >= 15 is 0 Å². The highest BCUT2D eigenvalue weighted by Gasteiger charge is 2.16. The molecule has 0 spiro atoms. The van der Waals surface area contributed by atoms with Crippen molar-refractivity contribution in [2.24, 2.45) is 7.05 Å². The third-order valence-corrected chi connectivity index (χ3v) is 3.50. The molecule has 0 aliphatic carbocycles. The number of allylic oxidation sites excluding steroid dienone is 5. The summed E-state index contributed by atoms with van der Waals surface area (Å²) in [5.41, 5.74) is 4.91. The summed E-state index contributed by atoms with van der Waals surface area (Å²) in [6, 6.07) is 12.8. The summed E-state index contributed by atoms with van der Waals surface area (Å²) in [6.07, 6.45) is 6.04. The molecule has 1 aromatic heterocycles. The molecule has 19 heavy (non-hydrogen) atoms. The number of nitrogens with zero attached hydrogens (tertiary/aromatic N) is 1. The Morgan fingerprint density at radius 1 is 1.16 bits per heavy atom. The summed E-state index contributed by atoms with van der Waals surface area (Å²) >= 11 is 0. The monoisotopic (exact) mass is 250 g/mol. The Bertz CT molecular complexity index is 675. The number of hydrogen-bond donors (Lipinski definition) is 0. The minimum absolute atomic E-state index is 1.20. The van der Waals surface area contributed by atoms with E-state index in [2.05, 4.69) is 80.6 Å². The van der Waals surface area contributed by atoms with E-state index in [0.717, 1.165) is 0 Å². The highest BCUT2D eigenvalue weighted by Crippen LogP contribution is 2.22. The molecule has 1 aromatic carbocycles. The Kier molecular flexibility index (Phi) is 3.96. The van der Waals surface area contributed by atoms with Crippen molar-refractivity contribution in [2.45, 2.75) is 13.8 Å². The molecule has 2 aromatic rings. The van der Waals surface area contributed by atoms with Crippen LogP contribution in [0.3, 0.4) is 0 Å². The van der Waals surface area contributed by atoms with Gasteiger partial charge in [0.05, 0.1) is 0 Å². The van der Waals surface area contributed by atoms with Crippen molar-refractivity contribution in [3.05, 3.63) is 72.5 Å². The highest BCUT2D eigenvalue weighted by molar-refractivity contribution is 5.81. The van der Waals surface area contributed by atoms with Crippen LogP contribution in [0.15, 0.2) is 66.8 Å². The van der Waals surface area contributed by atoms with Gasteiger partial charge in [0.1, 0.15) is 7.05 Å². The summed E-state index contributed by atoms with van der Waals surface area (Å²) in [5, 5.41) is 1.25. The molecular formula is C18H20N+. The lowest BCUT2D eigenvalue weighted by atomic mass is 10.0. The minimum Gasteiger partial charge on any atom is -0.194 e. The Morgan fingerprint density at radius 3 is 2.58 bits per heavy atom. The predicted molar refractivity (Wildman–Crippen MR) is 82.7 cm³/mol. The van der Waals surface area contributed by atoms with Crippen LogP contribution in [-0.4, -0.2) is 0 Å². The van der Waals surface area contributed by atoms with Crippen molar-refractivity contribution in [2.75, 3.05) is 0 Å². The van der Waals surface area contributed by atoms with Gasteiger partial charge in [0.2, 0.25) is 11.2 Å². The van der Waals surface area contributed by atoms with Crippen LogP contribution < -0.4 is 4.57 Å². The first kappa shape index (κ1) is 13.3. The first-order valence-electron chi connectivity index (χ1n) is 6.53. The van der Waals surface area contributed by atoms with Crippen molar-refractivity contribution in [3.8, 4) is 0 Å². The number of rotatable bonds is 3. The molecular weight excluding hydrogens is 230 g/mol.